The molecule has 0 aromatic heterocycles. The van der Waals surface area contributed by atoms with Gasteiger partial charge in [0.2, 0.25) is 0 Å². The largest absolute Gasteiger partial charge is 0.462 e. The fourth-order valence-corrected chi connectivity index (χ4v) is 9.74. The maximum Gasteiger partial charge on any atom is 0.306 e. The molecule has 0 bridgehead atoms. The van der Waals surface area contributed by atoms with Gasteiger partial charge in [0, 0.05) is 19.3 Å². The molecule has 0 saturated carbocycles. The molecule has 6 nitrogen and oxygen atoms in total. The molecule has 0 aromatic rings. The summed E-state index contributed by atoms with van der Waals surface area (Å²) in [5.74, 6) is -0.843. The van der Waals surface area contributed by atoms with Crippen LogP contribution in [0.25, 0.3) is 0 Å². The summed E-state index contributed by atoms with van der Waals surface area (Å²) in [5.41, 5.74) is 0. The van der Waals surface area contributed by atoms with Crippen molar-refractivity contribution in [3.05, 3.63) is 12.2 Å². The van der Waals surface area contributed by atoms with Gasteiger partial charge >= 0.3 is 17.9 Å². The molecule has 6 heteroatoms. The summed E-state index contributed by atoms with van der Waals surface area (Å²) in [7, 11) is 0. The van der Waals surface area contributed by atoms with Gasteiger partial charge in [-0.3, -0.25) is 14.4 Å². The maximum absolute atomic E-state index is 12.9. The average molecular weight is 988 g/mol. The van der Waals surface area contributed by atoms with E-state index in [1.807, 2.05) is 0 Å². The number of unbranched alkanes of at least 4 members (excludes halogenated alkanes) is 46. The summed E-state index contributed by atoms with van der Waals surface area (Å²) in [6.45, 7) is 6.68. The Balaban J connectivity index is 4.14. The van der Waals surface area contributed by atoms with Crippen LogP contribution in [0.4, 0.5) is 0 Å². The van der Waals surface area contributed by atoms with Crippen LogP contribution in [0, 0.1) is 0 Å². The van der Waals surface area contributed by atoms with Crippen LogP contribution in [0.1, 0.15) is 361 Å². The van der Waals surface area contributed by atoms with Crippen LogP contribution in [-0.4, -0.2) is 37.2 Å². The molecule has 0 aromatic carbocycles. The van der Waals surface area contributed by atoms with E-state index in [-0.39, 0.29) is 31.1 Å². The first-order valence-electron chi connectivity index (χ1n) is 31.7. The molecule has 0 aliphatic rings. The van der Waals surface area contributed by atoms with Gasteiger partial charge < -0.3 is 14.2 Å². The molecule has 0 radical (unpaired) electrons. The van der Waals surface area contributed by atoms with Crippen molar-refractivity contribution in [2.75, 3.05) is 13.2 Å². The standard InChI is InChI=1S/C64H122O6/c1-4-7-10-13-16-19-21-23-25-27-29-30-31-32-33-35-36-38-40-42-45-48-51-54-57-63(66)69-60-61(59-68-62(65)56-53-50-47-44-18-15-12-9-6-3)70-64(67)58-55-52-49-46-43-41-39-37-34-28-26-24-22-20-17-14-11-8-5-2/h24,26,61H,4-23,25,27-60H2,1-3H3/b26-24-. The highest BCUT2D eigenvalue weighted by molar-refractivity contribution is 5.71. The van der Waals surface area contributed by atoms with Gasteiger partial charge in [0.15, 0.2) is 6.10 Å². The minimum atomic E-state index is -0.765. The highest BCUT2D eigenvalue weighted by atomic mass is 16.6. The lowest BCUT2D eigenvalue weighted by Crippen LogP contribution is -2.30. The molecule has 1 atom stereocenters. The van der Waals surface area contributed by atoms with Gasteiger partial charge in [0.25, 0.3) is 0 Å². The fraction of sp³-hybridized carbons (Fsp3) is 0.922. The summed E-state index contributed by atoms with van der Waals surface area (Å²) >= 11 is 0. The molecule has 0 aliphatic carbocycles. The zero-order valence-electron chi connectivity index (χ0n) is 47.6. The Morgan fingerprint density at radius 1 is 0.271 bits per heavy atom. The molecule has 0 rings (SSSR count). The third kappa shape index (κ3) is 57.1. The normalized spacial score (nSPS) is 12.0. The van der Waals surface area contributed by atoms with E-state index >= 15 is 0 Å². The molecule has 1 unspecified atom stereocenters. The summed E-state index contributed by atoms with van der Waals surface area (Å²) in [5, 5.41) is 0. The molecule has 0 amide bonds. The Labute approximate surface area is 437 Å². The summed E-state index contributed by atoms with van der Waals surface area (Å²) in [4.78, 5) is 38.1. The first kappa shape index (κ1) is 68.2. The van der Waals surface area contributed by atoms with Crippen molar-refractivity contribution >= 4 is 17.9 Å². The third-order valence-electron chi connectivity index (χ3n) is 14.5. The number of hydrogen-bond acceptors (Lipinski definition) is 6. The smallest absolute Gasteiger partial charge is 0.306 e. The predicted octanol–water partition coefficient (Wildman–Crippen LogP) is 21.3. The molecule has 70 heavy (non-hydrogen) atoms. The molecule has 0 N–H and O–H groups in total. The van der Waals surface area contributed by atoms with E-state index in [1.165, 1.54) is 263 Å². The van der Waals surface area contributed by atoms with Crippen LogP contribution in [0.5, 0.6) is 0 Å². The van der Waals surface area contributed by atoms with Crippen molar-refractivity contribution in [2.24, 2.45) is 0 Å². The second-order valence-corrected chi connectivity index (χ2v) is 21.7. The van der Waals surface area contributed by atoms with Crippen LogP contribution < -0.4 is 0 Å². The van der Waals surface area contributed by atoms with Gasteiger partial charge in [0.1, 0.15) is 13.2 Å². The first-order valence-corrected chi connectivity index (χ1v) is 31.7. The Hall–Kier alpha value is -1.85. The summed E-state index contributed by atoms with van der Waals surface area (Å²) < 4.78 is 16.9. The lowest BCUT2D eigenvalue weighted by Gasteiger charge is -2.18. The SMILES string of the molecule is CCCCCCCC/C=C\CCCCCCCCCCCC(=O)OC(COC(=O)CCCCCCCCCCC)COC(=O)CCCCCCCCCCCCCCCCCCCCCCCCCC. The van der Waals surface area contributed by atoms with Crippen LogP contribution in [0.3, 0.4) is 0 Å². The van der Waals surface area contributed by atoms with Crippen LogP contribution >= 0.6 is 0 Å². The number of ether oxygens (including phenoxy) is 3. The highest BCUT2D eigenvalue weighted by Crippen LogP contribution is 2.18. The maximum atomic E-state index is 12.9. The zero-order chi connectivity index (χ0) is 50.7. The van der Waals surface area contributed by atoms with E-state index in [0.29, 0.717) is 19.3 Å². The molecule has 0 spiro atoms. The number of allylic oxidation sites excluding steroid dienone is 2. The highest BCUT2D eigenvalue weighted by Gasteiger charge is 2.19. The minimum absolute atomic E-state index is 0.0647. The van der Waals surface area contributed by atoms with Crippen LogP contribution in [0.15, 0.2) is 12.2 Å². The summed E-state index contributed by atoms with van der Waals surface area (Å²) in [6, 6.07) is 0. The number of rotatable bonds is 59. The molecular formula is C64H122O6. The zero-order valence-corrected chi connectivity index (χ0v) is 47.6. The molecular weight excluding hydrogens is 865 g/mol. The number of carbonyl (C=O) groups is 3. The van der Waals surface area contributed by atoms with Gasteiger partial charge in [-0.15, -0.1) is 0 Å². The average Bonchev–Trinajstić information content (AvgIpc) is 3.36. The second-order valence-electron chi connectivity index (χ2n) is 21.7. The first-order chi connectivity index (χ1) is 34.5. The Bertz CT molecular complexity index is 1090. The summed E-state index contributed by atoms with van der Waals surface area (Å²) in [6.07, 6.45) is 69.5. The Morgan fingerprint density at radius 3 is 0.714 bits per heavy atom. The minimum Gasteiger partial charge on any atom is -0.462 e. The van der Waals surface area contributed by atoms with Crippen molar-refractivity contribution in [1.82, 2.24) is 0 Å². The lowest BCUT2D eigenvalue weighted by atomic mass is 10.0. The Morgan fingerprint density at radius 2 is 0.471 bits per heavy atom. The Kier molecular flexibility index (Phi) is 58.1. The predicted molar refractivity (Wildman–Crippen MR) is 303 cm³/mol. The van der Waals surface area contributed by atoms with E-state index in [2.05, 4.69) is 32.9 Å². The lowest BCUT2D eigenvalue weighted by molar-refractivity contribution is -0.167. The molecule has 414 valence electrons. The number of esters is 3. The van der Waals surface area contributed by atoms with E-state index < -0.39 is 6.10 Å². The van der Waals surface area contributed by atoms with Crippen molar-refractivity contribution in [3.63, 3.8) is 0 Å². The topological polar surface area (TPSA) is 78.9 Å². The molecule has 0 fully saturated rings. The molecule has 0 aliphatic heterocycles. The van der Waals surface area contributed by atoms with Crippen molar-refractivity contribution < 1.29 is 28.6 Å². The van der Waals surface area contributed by atoms with Crippen molar-refractivity contribution in [1.29, 1.82) is 0 Å². The van der Waals surface area contributed by atoms with E-state index in [4.69, 9.17) is 14.2 Å². The fourth-order valence-electron chi connectivity index (χ4n) is 9.74. The third-order valence-corrected chi connectivity index (χ3v) is 14.5. The second kappa shape index (κ2) is 59.7. The van der Waals surface area contributed by atoms with Crippen LogP contribution in [0.2, 0.25) is 0 Å². The number of carbonyl (C=O) groups excluding carboxylic acids is 3. The monoisotopic (exact) mass is 987 g/mol. The van der Waals surface area contributed by atoms with Gasteiger partial charge in [-0.25, -0.2) is 0 Å². The van der Waals surface area contributed by atoms with Crippen molar-refractivity contribution in [2.45, 2.75) is 367 Å². The van der Waals surface area contributed by atoms with Gasteiger partial charge in [-0.1, -0.05) is 309 Å². The van der Waals surface area contributed by atoms with Gasteiger partial charge in [-0.2, -0.15) is 0 Å². The van der Waals surface area contributed by atoms with E-state index in [1.54, 1.807) is 0 Å². The van der Waals surface area contributed by atoms with Crippen molar-refractivity contribution in [3.8, 4) is 0 Å². The van der Waals surface area contributed by atoms with Gasteiger partial charge in [-0.05, 0) is 44.9 Å². The van der Waals surface area contributed by atoms with Gasteiger partial charge in [0.05, 0.1) is 0 Å². The quantitative estimate of drug-likeness (QED) is 0.0261. The molecule has 0 saturated heterocycles. The van der Waals surface area contributed by atoms with E-state index in [0.717, 1.165) is 57.8 Å². The molecule has 0 heterocycles. The number of hydrogen-bond donors (Lipinski definition) is 0. The van der Waals surface area contributed by atoms with Crippen LogP contribution in [-0.2, 0) is 28.6 Å². The van der Waals surface area contributed by atoms with E-state index in [9.17, 15) is 14.4 Å².